The third kappa shape index (κ3) is 3.12. The standard InChI is InChI=1S/C19H20N2O3/c1-12-2-9-18(20-11-12)24-14-5-3-13(4-6-14)21-19(22)16-10-15-7-8-17(16)23-15/h2-6,9,11,15-17H,7-8,10H2,1H3,(H,21,22). The molecule has 2 bridgehead atoms. The topological polar surface area (TPSA) is 60.5 Å². The lowest BCUT2D eigenvalue weighted by Gasteiger charge is -2.18. The highest BCUT2D eigenvalue weighted by atomic mass is 16.5. The van der Waals surface area contributed by atoms with Crippen molar-refractivity contribution in [1.82, 2.24) is 4.98 Å². The highest BCUT2D eigenvalue weighted by Crippen LogP contribution is 2.39. The summed E-state index contributed by atoms with van der Waals surface area (Å²) in [5.74, 6) is 1.27. The first-order chi connectivity index (χ1) is 11.7. The largest absolute Gasteiger partial charge is 0.439 e. The van der Waals surface area contributed by atoms with Crippen LogP contribution in [0.3, 0.4) is 0 Å². The Balaban J connectivity index is 1.37. The van der Waals surface area contributed by atoms with Crippen molar-refractivity contribution in [1.29, 1.82) is 0 Å². The van der Waals surface area contributed by atoms with Crippen molar-refractivity contribution in [3.8, 4) is 11.6 Å². The molecule has 1 N–H and O–H groups in total. The van der Waals surface area contributed by atoms with Crippen LogP contribution in [-0.2, 0) is 9.53 Å². The minimum Gasteiger partial charge on any atom is -0.439 e. The van der Waals surface area contributed by atoms with E-state index < -0.39 is 0 Å². The molecule has 0 saturated carbocycles. The van der Waals surface area contributed by atoms with Crippen molar-refractivity contribution in [2.45, 2.75) is 38.4 Å². The van der Waals surface area contributed by atoms with Gasteiger partial charge >= 0.3 is 0 Å². The Hall–Kier alpha value is -2.40. The number of anilines is 1. The van der Waals surface area contributed by atoms with Gasteiger partial charge in [0, 0.05) is 18.0 Å². The normalized spacial score (nSPS) is 24.8. The molecule has 0 aliphatic carbocycles. The lowest BCUT2D eigenvalue weighted by molar-refractivity contribution is -0.121. The summed E-state index contributed by atoms with van der Waals surface area (Å²) in [5.41, 5.74) is 1.86. The van der Waals surface area contributed by atoms with Crippen LogP contribution in [0.25, 0.3) is 0 Å². The first-order valence-corrected chi connectivity index (χ1v) is 8.34. The SMILES string of the molecule is Cc1ccc(Oc2ccc(NC(=O)C3CC4CCC3O4)cc2)nc1. The predicted octanol–water partition coefficient (Wildman–Crippen LogP) is 3.69. The third-order valence-electron chi connectivity index (χ3n) is 4.67. The molecule has 4 rings (SSSR count). The van der Waals surface area contributed by atoms with Gasteiger partial charge in [0.2, 0.25) is 11.8 Å². The fourth-order valence-corrected chi connectivity index (χ4v) is 3.39. The van der Waals surface area contributed by atoms with Crippen LogP contribution < -0.4 is 10.1 Å². The quantitative estimate of drug-likeness (QED) is 0.932. The lowest BCUT2D eigenvalue weighted by atomic mass is 9.88. The number of aromatic nitrogens is 1. The summed E-state index contributed by atoms with van der Waals surface area (Å²) >= 11 is 0. The van der Waals surface area contributed by atoms with Crippen LogP contribution in [0, 0.1) is 12.8 Å². The Labute approximate surface area is 141 Å². The van der Waals surface area contributed by atoms with Gasteiger partial charge in [0.1, 0.15) is 5.75 Å². The van der Waals surface area contributed by atoms with E-state index in [0.29, 0.717) is 11.6 Å². The maximum Gasteiger partial charge on any atom is 0.230 e. The van der Waals surface area contributed by atoms with Crippen LogP contribution in [0.2, 0.25) is 0 Å². The Morgan fingerprint density at radius 1 is 1.21 bits per heavy atom. The van der Waals surface area contributed by atoms with E-state index in [4.69, 9.17) is 9.47 Å². The highest BCUT2D eigenvalue weighted by Gasteiger charge is 2.44. The first kappa shape index (κ1) is 15.1. The number of carbonyl (C=O) groups is 1. The van der Waals surface area contributed by atoms with Gasteiger partial charge in [0.05, 0.1) is 18.1 Å². The smallest absolute Gasteiger partial charge is 0.230 e. The molecule has 3 heterocycles. The molecule has 1 amide bonds. The van der Waals surface area contributed by atoms with Crippen molar-refractivity contribution < 1.29 is 14.3 Å². The number of carbonyl (C=O) groups excluding carboxylic acids is 1. The number of hydrogen-bond donors (Lipinski definition) is 1. The van der Waals surface area contributed by atoms with Crippen molar-refractivity contribution >= 4 is 11.6 Å². The summed E-state index contributed by atoms with van der Waals surface area (Å²) in [6.45, 7) is 1.98. The number of fused-ring (bicyclic) bond motifs is 2. The van der Waals surface area contributed by atoms with Gasteiger partial charge in [-0.15, -0.1) is 0 Å². The van der Waals surface area contributed by atoms with Crippen LogP contribution in [0.1, 0.15) is 24.8 Å². The molecule has 5 nitrogen and oxygen atoms in total. The minimum atomic E-state index is -0.0172. The second-order valence-corrected chi connectivity index (χ2v) is 6.51. The fourth-order valence-electron chi connectivity index (χ4n) is 3.39. The van der Waals surface area contributed by atoms with Gasteiger partial charge < -0.3 is 14.8 Å². The third-order valence-corrected chi connectivity index (χ3v) is 4.67. The zero-order valence-electron chi connectivity index (χ0n) is 13.6. The van der Waals surface area contributed by atoms with Gasteiger partial charge in [-0.05, 0) is 56.0 Å². The number of nitrogens with zero attached hydrogens (tertiary/aromatic N) is 1. The fraction of sp³-hybridized carbons (Fsp3) is 0.368. The zero-order valence-corrected chi connectivity index (χ0v) is 13.6. The Morgan fingerprint density at radius 3 is 2.67 bits per heavy atom. The van der Waals surface area contributed by atoms with Crippen molar-refractivity contribution in [2.75, 3.05) is 5.32 Å². The molecule has 1 aromatic carbocycles. The maximum atomic E-state index is 12.4. The number of pyridine rings is 1. The molecular weight excluding hydrogens is 304 g/mol. The van der Waals surface area contributed by atoms with Gasteiger partial charge in [-0.3, -0.25) is 4.79 Å². The van der Waals surface area contributed by atoms with Gasteiger partial charge in [0.25, 0.3) is 0 Å². The van der Waals surface area contributed by atoms with E-state index >= 15 is 0 Å². The van der Waals surface area contributed by atoms with E-state index in [-0.39, 0.29) is 24.0 Å². The average molecular weight is 324 g/mol. The van der Waals surface area contributed by atoms with Crippen LogP contribution >= 0.6 is 0 Å². The monoisotopic (exact) mass is 324 g/mol. The predicted molar refractivity (Wildman–Crippen MR) is 90.1 cm³/mol. The molecule has 2 aliphatic rings. The molecule has 24 heavy (non-hydrogen) atoms. The summed E-state index contributed by atoms with van der Waals surface area (Å²) in [4.78, 5) is 16.6. The molecule has 5 heteroatoms. The van der Waals surface area contributed by atoms with E-state index in [2.05, 4.69) is 10.3 Å². The molecular formula is C19H20N2O3. The maximum absolute atomic E-state index is 12.4. The van der Waals surface area contributed by atoms with E-state index in [1.807, 2.05) is 43.3 Å². The molecule has 1 aromatic heterocycles. The number of hydrogen-bond acceptors (Lipinski definition) is 4. The number of aryl methyl sites for hydroxylation is 1. The molecule has 0 spiro atoms. The van der Waals surface area contributed by atoms with Gasteiger partial charge in [-0.25, -0.2) is 4.98 Å². The van der Waals surface area contributed by atoms with Crippen molar-refractivity contribution in [3.05, 3.63) is 48.2 Å². The minimum absolute atomic E-state index is 0.0172. The number of ether oxygens (including phenoxy) is 2. The second kappa shape index (κ2) is 6.24. The van der Waals surface area contributed by atoms with Gasteiger partial charge in [-0.1, -0.05) is 6.07 Å². The Morgan fingerprint density at radius 2 is 2.04 bits per heavy atom. The molecule has 2 aromatic rings. The second-order valence-electron chi connectivity index (χ2n) is 6.51. The number of benzene rings is 1. The van der Waals surface area contributed by atoms with Crippen LogP contribution in [0.5, 0.6) is 11.6 Å². The van der Waals surface area contributed by atoms with Crippen LogP contribution in [0.4, 0.5) is 5.69 Å². The van der Waals surface area contributed by atoms with E-state index in [1.54, 1.807) is 6.20 Å². The van der Waals surface area contributed by atoms with E-state index in [0.717, 1.165) is 30.5 Å². The van der Waals surface area contributed by atoms with Crippen molar-refractivity contribution in [3.63, 3.8) is 0 Å². The van der Waals surface area contributed by atoms with Gasteiger partial charge in [-0.2, -0.15) is 0 Å². The molecule has 0 radical (unpaired) electrons. The molecule has 3 atom stereocenters. The number of rotatable bonds is 4. The average Bonchev–Trinajstić information content (AvgIpc) is 3.22. The summed E-state index contributed by atoms with van der Waals surface area (Å²) in [6.07, 6.45) is 5.08. The van der Waals surface area contributed by atoms with Crippen molar-refractivity contribution in [2.24, 2.45) is 5.92 Å². The molecule has 3 unspecified atom stereocenters. The number of nitrogens with one attached hydrogen (secondary N) is 1. The Kier molecular flexibility index (Phi) is 3.94. The zero-order chi connectivity index (χ0) is 16.5. The summed E-state index contributed by atoms with van der Waals surface area (Å²) in [5, 5.41) is 2.98. The van der Waals surface area contributed by atoms with E-state index in [1.165, 1.54) is 0 Å². The van der Waals surface area contributed by atoms with Gasteiger partial charge in [0.15, 0.2) is 0 Å². The van der Waals surface area contributed by atoms with E-state index in [9.17, 15) is 4.79 Å². The summed E-state index contributed by atoms with van der Waals surface area (Å²) < 4.78 is 11.4. The summed E-state index contributed by atoms with van der Waals surface area (Å²) in [7, 11) is 0. The van der Waals surface area contributed by atoms with Crippen LogP contribution in [-0.4, -0.2) is 23.1 Å². The Bertz CT molecular complexity index is 727. The first-order valence-electron chi connectivity index (χ1n) is 8.34. The summed E-state index contributed by atoms with van der Waals surface area (Å²) in [6, 6.07) is 11.1. The molecule has 124 valence electrons. The number of amides is 1. The lowest BCUT2D eigenvalue weighted by Crippen LogP contribution is -2.30. The van der Waals surface area contributed by atoms with Crippen LogP contribution in [0.15, 0.2) is 42.6 Å². The molecule has 2 fully saturated rings. The molecule has 2 saturated heterocycles. The highest BCUT2D eigenvalue weighted by molar-refractivity contribution is 5.93. The molecule has 2 aliphatic heterocycles.